The van der Waals surface area contributed by atoms with Gasteiger partial charge in [0.25, 0.3) is 0 Å². The Labute approximate surface area is 104 Å². The van der Waals surface area contributed by atoms with Gasteiger partial charge < -0.3 is 10.6 Å². The van der Waals surface area contributed by atoms with Crippen molar-refractivity contribution in [3.63, 3.8) is 0 Å². The van der Waals surface area contributed by atoms with Gasteiger partial charge in [-0.15, -0.1) is 0 Å². The maximum absolute atomic E-state index is 5.65. The van der Waals surface area contributed by atoms with Crippen molar-refractivity contribution in [3.8, 4) is 0 Å². The van der Waals surface area contributed by atoms with Crippen molar-refractivity contribution in [2.75, 3.05) is 18.0 Å². The number of rotatable bonds is 5. The lowest BCUT2D eigenvalue weighted by atomic mass is 9.93. The summed E-state index contributed by atoms with van der Waals surface area (Å²) in [5, 5.41) is 0. The molecule has 3 heteroatoms. The van der Waals surface area contributed by atoms with E-state index in [1.165, 1.54) is 37.8 Å². The molecule has 0 radical (unpaired) electrons. The van der Waals surface area contributed by atoms with Gasteiger partial charge >= 0.3 is 0 Å². The molecule has 1 heterocycles. The zero-order chi connectivity index (χ0) is 11.9. The maximum Gasteiger partial charge on any atom is 0.0399 e. The summed E-state index contributed by atoms with van der Waals surface area (Å²) in [5.41, 5.74) is 6.95. The molecule has 2 N–H and O–H groups in total. The van der Waals surface area contributed by atoms with Gasteiger partial charge in [-0.2, -0.15) is 0 Å². The summed E-state index contributed by atoms with van der Waals surface area (Å²) in [6.07, 6.45) is 11.6. The predicted octanol–water partition coefficient (Wildman–Crippen LogP) is 2.57. The van der Waals surface area contributed by atoms with E-state index in [2.05, 4.69) is 22.0 Å². The van der Waals surface area contributed by atoms with E-state index in [0.717, 1.165) is 19.5 Å². The lowest BCUT2D eigenvalue weighted by Crippen LogP contribution is -2.38. The Bertz CT molecular complexity index is 307. The van der Waals surface area contributed by atoms with Crippen LogP contribution in [0.5, 0.6) is 0 Å². The number of hydrogen-bond acceptors (Lipinski definition) is 3. The third kappa shape index (κ3) is 3.43. The standard InChI is InChI=1S/C14H23N3/c15-9-4-12-17(13-5-2-1-3-6-13)14-7-10-16-11-8-14/h7-8,10-11,13H,1-6,9,12,15H2. The molecule has 1 aliphatic carbocycles. The molecular weight excluding hydrogens is 210 g/mol. The molecule has 1 fully saturated rings. The second-order valence-electron chi connectivity index (χ2n) is 4.83. The lowest BCUT2D eigenvalue weighted by Gasteiger charge is -2.36. The molecule has 0 amide bonds. The fourth-order valence-corrected chi connectivity index (χ4v) is 2.71. The summed E-state index contributed by atoms with van der Waals surface area (Å²) in [6.45, 7) is 1.85. The summed E-state index contributed by atoms with van der Waals surface area (Å²) in [7, 11) is 0. The molecule has 17 heavy (non-hydrogen) atoms. The van der Waals surface area contributed by atoms with E-state index < -0.39 is 0 Å². The second-order valence-corrected chi connectivity index (χ2v) is 4.83. The Morgan fingerprint density at radius 3 is 2.53 bits per heavy atom. The summed E-state index contributed by atoms with van der Waals surface area (Å²) < 4.78 is 0. The van der Waals surface area contributed by atoms with Crippen LogP contribution in [0.15, 0.2) is 24.5 Å². The first-order valence-corrected chi connectivity index (χ1v) is 6.78. The van der Waals surface area contributed by atoms with Gasteiger partial charge in [-0.25, -0.2) is 0 Å². The summed E-state index contributed by atoms with van der Waals surface area (Å²) in [5.74, 6) is 0. The van der Waals surface area contributed by atoms with E-state index in [1.807, 2.05) is 12.4 Å². The van der Waals surface area contributed by atoms with E-state index in [9.17, 15) is 0 Å². The molecule has 2 rings (SSSR count). The molecule has 1 aliphatic rings. The van der Waals surface area contributed by atoms with Gasteiger partial charge in [-0.1, -0.05) is 19.3 Å². The van der Waals surface area contributed by atoms with Gasteiger partial charge in [-0.3, -0.25) is 4.98 Å². The Balaban J connectivity index is 2.06. The normalized spacial score (nSPS) is 17.0. The molecule has 0 saturated heterocycles. The summed E-state index contributed by atoms with van der Waals surface area (Å²) >= 11 is 0. The molecule has 94 valence electrons. The topological polar surface area (TPSA) is 42.1 Å². The SMILES string of the molecule is NCCCN(c1ccncc1)C1CCCCC1. The minimum absolute atomic E-state index is 0.706. The number of aromatic nitrogens is 1. The highest BCUT2D eigenvalue weighted by Crippen LogP contribution is 2.26. The van der Waals surface area contributed by atoms with Gasteiger partial charge in [0.1, 0.15) is 0 Å². The summed E-state index contributed by atoms with van der Waals surface area (Å²) in [6, 6.07) is 4.94. The molecule has 0 unspecified atom stereocenters. The van der Waals surface area contributed by atoms with Crippen molar-refractivity contribution in [2.24, 2.45) is 5.73 Å². The first-order chi connectivity index (χ1) is 8.42. The number of anilines is 1. The van der Waals surface area contributed by atoms with Crippen LogP contribution in [0.3, 0.4) is 0 Å². The predicted molar refractivity (Wildman–Crippen MR) is 72.1 cm³/mol. The van der Waals surface area contributed by atoms with Gasteiger partial charge in [0.2, 0.25) is 0 Å². The molecule has 0 spiro atoms. The fourth-order valence-electron chi connectivity index (χ4n) is 2.71. The highest BCUT2D eigenvalue weighted by atomic mass is 15.2. The molecular formula is C14H23N3. The third-order valence-corrected chi connectivity index (χ3v) is 3.61. The van der Waals surface area contributed by atoms with E-state index in [4.69, 9.17) is 5.73 Å². The van der Waals surface area contributed by atoms with Crippen LogP contribution in [-0.4, -0.2) is 24.1 Å². The van der Waals surface area contributed by atoms with Crippen LogP contribution in [0, 0.1) is 0 Å². The van der Waals surface area contributed by atoms with Crippen LogP contribution in [0.2, 0.25) is 0 Å². The van der Waals surface area contributed by atoms with Crippen molar-refractivity contribution in [3.05, 3.63) is 24.5 Å². The van der Waals surface area contributed by atoms with Gasteiger partial charge in [0, 0.05) is 30.7 Å². The van der Waals surface area contributed by atoms with E-state index in [0.29, 0.717) is 6.04 Å². The quantitative estimate of drug-likeness (QED) is 0.850. The number of hydrogen-bond donors (Lipinski definition) is 1. The largest absolute Gasteiger partial charge is 0.368 e. The molecule has 3 nitrogen and oxygen atoms in total. The molecule has 0 bridgehead atoms. The number of nitrogens with two attached hydrogens (primary N) is 1. The van der Waals surface area contributed by atoms with Crippen LogP contribution in [0.4, 0.5) is 5.69 Å². The van der Waals surface area contributed by atoms with Crippen molar-refractivity contribution in [2.45, 2.75) is 44.6 Å². The minimum atomic E-state index is 0.706. The van der Waals surface area contributed by atoms with Crippen molar-refractivity contribution < 1.29 is 0 Å². The first-order valence-electron chi connectivity index (χ1n) is 6.78. The lowest BCUT2D eigenvalue weighted by molar-refractivity contribution is 0.413. The van der Waals surface area contributed by atoms with Gasteiger partial charge in [0.05, 0.1) is 0 Å². The Morgan fingerprint density at radius 2 is 1.88 bits per heavy atom. The van der Waals surface area contributed by atoms with Crippen LogP contribution in [-0.2, 0) is 0 Å². The average Bonchev–Trinajstić information content (AvgIpc) is 2.42. The first kappa shape index (κ1) is 12.4. The Kier molecular flexibility index (Phi) is 4.80. The van der Waals surface area contributed by atoms with Gasteiger partial charge in [0.15, 0.2) is 0 Å². The number of pyridine rings is 1. The minimum Gasteiger partial charge on any atom is -0.368 e. The summed E-state index contributed by atoms with van der Waals surface area (Å²) in [4.78, 5) is 6.64. The third-order valence-electron chi connectivity index (χ3n) is 3.61. The van der Waals surface area contributed by atoms with Crippen LogP contribution < -0.4 is 10.6 Å². The molecule has 0 aromatic carbocycles. The van der Waals surface area contributed by atoms with Crippen LogP contribution in [0.1, 0.15) is 38.5 Å². The highest BCUT2D eigenvalue weighted by Gasteiger charge is 2.20. The molecule has 1 aromatic rings. The van der Waals surface area contributed by atoms with Crippen LogP contribution >= 0.6 is 0 Å². The maximum atomic E-state index is 5.65. The Morgan fingerprint density at radius 1 is 1.18 bits per heavy atom. The van der Waals surface area contributed by atoms with Gasteiger partial charge in [-0.05, 0) is 37.9 Å². The molecule has 1 aromatic heterocycles. The fraction of sp³-hybridized carbons (Fsp3) is 0.643. The van der Waals surface area contributed by atoms with Crippen molar-refractivity contribution >= 4 is 5.69 Å². The highest BCUT2D eigenvalue weighted by molar-refractivity contribution is 5.45. The molecule has 0 aliphatic heterocycles. The second kappa shape index (κ2) is 6.60. The zero-order valence-electron chi connectivity index (χ0n) is 10.5. The van der Waals surface area contributed by atoms with E-state index in [1.54, 1.807) is 0 Å². The van der Waals surface area contributed by atoms with Crippen LogP contribution in [0.25, 0.3) is 0 Å². The Hall–Kier alpha value is -1.09. The smallest absolute Gasteiger partial charge is 0.0399 e. The average molecular weight is 233 g/mol. The zero-order valence-corrected chi connectivity index (χ0v) is 10.5. The van der Waals surface area contributed by atoms with E-state index in [-0.39, 0.29) is 0 Å². The molecule has 0 atom stereocenters. The molecule has 1 saturated carbocycles. The van der Waals surface area contributed by atoms with E-state index >= 15 is 0 Å². The number of nitrogens with zero attached hydrogens (tertiary/aromatic N) is 2. The monoisotopic (exact) mass is 233 g/mol. The van der Waals surface area contributed by atoms with Crippen molar-refractivity contribution in [1.82, 2.24) is 4.98 Å². The van der Waals surface area contributed by atoms with Crippen molar-refractivity contribution in [1.29, 1.82) is 0 Å².